The number of aromatic nitrogens is 5. The molecule has 0 spiro atoms. The van der Waals surface area contributed by atoms with E-state index < -0.39 is 0 Å². The molecule has 2 aromatic heterocycles. The minimum absolute atomic E-state index is 0.00579. The second-order valence-electron chi connectivity index (χ2n) is 3.28. The molecule has 0 radical (unpaired) electrons. The summed E-state index contributed by atoms with van der Waals surface area (Å²) in [6.07, 6.45) is 5.40. The second kappa shape index (κ2) is 4.22. The first-order chi connectivity index (χ1) is 7.33. The molecule has 0 bridgehead atoms. The minimum atomic E-state index is -0.00579. The quantitative estimate of drug-likeness (QED) is 0.751. The van der Waals surface area contributed by atoms with Gasteiger partial charge in [0.25, 0.3) is 0 Å². The number of hydrogen-bond donors (Lipinski definition) is 2. The summed E-state index contributed by atoms with van der Waals surface area (Å²) in [5.41, 5.74) is 0.853. The minimum Gasteiger partial charge on any atom is -0.336 e. The summed E-state index contributed by atoms with van der Waals surface area (Å²) in [7, 11) is 1.97. The third kappa shape index (κ3) is 1.89. The number of imidazole rings is 1. The van der Waals surface area contributed by atoms with Gasteiger partial charge in [-0.2, -0.15) is 15.4 Å². The number of nitrogens with one attached hydrogen (secondary N) is 2. The highest BCUT2D eigenvalue weighted by atomic mass is 15.3. The van der Waals surface area contributed by atoms with Crippen LogP contribution >= 0.6 is 0 Å². The molecule has 6 heteroatoms. The van der Waals surface area contributed by atoms with Crippen molar-refractivity contribution in [1.29, 1.82) is 0 Å². The van der Waals surface area contributed by atoms with Crippen LogP contribution in [0.2, 0.25) is 0 Å². The summed E-state index contributed by atoms with van der Waals surface area (Å²) < 4.78 is 1.97. The molecular weight excluding hydrogens is 192 g/mol. The second-order valence-corrected chi connectivity index (χ2v) is 3.28. The molecule has 1 atom stereocenters. The van der Waals surface area contributed by atoms with Gasteiger partial charge in [0.15, 0.2) is 0 Å². The lowest BCUT2D eigenvalue weighted by Crippen LogP contribution is -2.25. The van der Waals surface area contributed by atoms with Gasteiger partial charge in [-0.05, 0) is 6.54 Å². The summed E-state index contributed by atoms with van der Waals surface area (Å²) in [4.78, 5) is 4.31. The zero-order chi connectivity index (χ0) is 10.7. The standard InChI is InChI=1S/C9H14N6/c1-3-10-8(7-6-12-14-13-7)9-11-4-5-15(9)2/h4-6,8,10H,3H2,1-2H3,(H,12,13,14). The Hall–Kier alpha value is -1.69. The molecule has 0 amide bonds. The van der Waals surface area contributed by atoms with Gasteiger partial charge in [0, 0.05) is 19.4 Å². The average Bonchev–Trinajstić information content (AvgIpc) is 2.85. The number of H-pyrrole nitrogens is 1. The molecule has 2 aromatic rings. The monoisotopic (exact) mass is 206 g/mol. The van der Waals surface area contributed by atoms with E-state index in [2.05, 4.69) is 32.6 Å². The molecule has 0 fully saturated rings. The molecule has 0 saturated carbocycles. The van der Waals surface area contributed by atoms with Crippen LogP contribution < -0.4 is 5.32 Å². The van der Waals surface area contributed by atoms with Crippen molar-refractivity contribution in [2.45, 2.75) is 13.0 Å². The maximum atomic E-state index is 4.31. The van der Waals surface area contributed by atoms with Gasteiger partial charge < -0.3 is 9.88 Å². The lowest BCUT2D eigenvalue weighted by atomic mass is 10.2. The van der Waals surface area contributed by atoms with Gasteiger partial charge >= 0.3 is 0 Å². The number of aryl methyl sites for hydroxylation is 1. The first-order valence-electron chi connectivity index (χ1n) is 4.89. The summed E-state index contributed by atoms with van der Waals surface area (Å²) in [6.45, 7) is 2.90. The van der Waals surface area contributed by atoms with Crippen molar-refractivity contribution >= 4 is 0 Å². The van der Waals surface area contributed by atoms with Gasteiger partial charge in [-0.1, -0.05) is 6.92 Å². The highest BCUT2D eigenvalue weighted by Crippen LogP contribution is 2.16. The van der Waals surface area contributed by atoms with Crippen LogP contribution in [-0.4, -0.2) is 31.5 Å². The third-order valence-corrected chi connectivity index (χ3v) is 2.25. The van der Waals surface area contributed by atoms with E-state index in [-0.39, 0.29) is 6.04 Å². The third-order valence-electron chi connectivity index (χ3n) is 2.25. The van der Waals surface area contributed by atoms with Gasteiger partial charge in [-0.15, -0.1) is 0 Å². The number of rotatable bonds is 4. The molecule has 2 rings (SSSR count). The Labute approximate surface area is 87.7 Å². The fourth-order valence-electron chi connectivity index (χ4n) is 1.54. The maximum Gasteiger partial charge on any atom is 0.131 e. The van der Waals surface area contributed by atoms with E-state index in [9.17, 15) is 0 Å². The van der Waals surface area contributed by atoms with E-state index in [1.165, 1.54) is 0 Å². The summed E-state index contributed by atoms with van der Waals surface area (Å²) >= 11 is 0. The van der Waals surface area contributed by atoms with Crippen LogP contribution in [0.1, 0.15) is 24.5 Å². The average molecular weight is 206 g/mol. The SMILES string of the molecule is CCNC(c1cn[nH]n1)c1nccn1C. The topological polar surface area (TPSA) is 71.4 Å². The van der Waals surface area contributed by atoms with Gasteiger partial charge in [0.1, 0.15) is 17.6 Å². The van der Waals surface area contributed by atoms with E-state index in [0.717, 1.165) is 18.1 Å². The predicted octanol–water partition coefficient (Wildman–Crippen LogP) is 0.237. The molecule has 2 heterocycles. The Morgan fingerprint density at radius 2 is 2.47 bits per heavy atom. The fourth-order valence-corrected chi connectivity index (χ4v) is 1.54. The molecule has 0 aliphatic carbocycles. The number of nitrogens with zero attached hydrogens (tertiary/aromatic N) is 4. The first-order valence-corrected chi connectivity index (χ1v) is 4.89. The summed E-state index contributed by atoms with van der Waals surface area (Å²) in [6, 6.07) is -0.00579. The molecule has 0 saturated heterocycles. The highest BCUT2D eigenvalue weighted by molar-refractivity contribution is 5.13. The Morgan fingerprint density at radius 1 is 1.60 bits per heavy atom. The van der Waals surface area contributed by atoms with Crippen molar-refractivity contribution in [2.24, 2.45) is 7.05 Å². The molecule has 0 aliphatic heterocycles. The van der Waals surface area contributed by atoms with Gasteiger partial charge in [0.2, 0.25) is 0 Å². The van der Waals surface area contributed by atoms with Crippen LogP contribution in [0, 0.1) is 0 Å². The lowest BCUT2D eigenvalue weighted by Gasteiger charge is -2.14. The van der Waals surface area contributed by atoms with Crippen molar-refractivity contribution in [3.8, 4) is 0 Å². The largest absolute Gasteiger partial charge is 0.336 e. The van der Waals surface area contributed by atoms with Crippen molar-refractivity contribution in [2.75, 3.05) is 6.54 Å². The molecule has 2 N–H and O–H groups in total. The van der Waals surface area contributed by atoms with Crippen LogP contribution in [0.5, 0.6) is 0 Å². The van der Waals surface area contributed by atoms with Crippen LogP contribution in [-0.2, 0) is 7.05 Å². The van der Waals surface area contributed by atoms with E-state index in [0.29, 0.717) is 0 Å². The Morgan fingerprint density at radius 3 is 3.00 bits per heavy atom. The van der Waals surface area contributed by atoms with Crippen LogP contribution in [0.4, 0.5) is 0 Å². The summed E-state index contributed by atoms with van der Waals surface area (Å²) in [5.74, 6) is 0.936. The molecule has 1 unspecified atom stereocenters. The van der Waals surface area contributed by atoms with E-state index in [4.69, 9.17) is 0 Å². The maximum absolute atomic E-state index is 4.31. The van der Waals surface area contributed by atoms with Gasteiger partial charge in [-0.3, -0.25) is 0 Å². The van der Waals surface area contributed by atoms with Crippen molar-refractivity contribution in [3.63, 3.8) is 0 Å². The Kier molecular flexibility index (Phi) is 2.77. The molecule has 15 heavy (non-hydrogen) atoms. The van der Waals surface area contributed by atoms with Crippen molar-refractivity contribution < 1.29 is 0 Å². The Bertz CT molecular complexity index is 404. The summed E-state index contributed by atoms with van der Waals surface area (Å²) in [5, 5.41) is 13.8. The molecule has 6 nitrogen and oxygen atoms in total. The van der Waals surface area contributed by atoms with E-state index in [1.807, 2.05) is 17.8 Å². The van der Waals surface area contributed by atoms with E-state index >= 15 is 0 Å². The van der Waals surface area contributed by atoms with Crippen LogP contribution in [0.25, 0.3) is 0 Å². The van der Waals surface area contributed by atoms with Crippen LogP contribution in [0.3, 0.4) is 0 Å². The molecule has 0 aliphatic rings. The zero-order valence-electron chi connectivity index (χ0n) is 8.81. The van der Waals surface area contributed by atoms with Crippen molar-refractivity contribution in [3.05, 3.63) is 30.1 Å². The number of hydrogen-bond acceptors (Lipinski definition) is 4. The van der Waals surface area contributed by atoms with Crippen molar-refractivity contribution in [1.82, 2.24) is 30.3 Å². The fraction of sp³-hybridized carbons (Fsp3) is 0.444. The van der Waals surface area contributed by atoms with Gasteiger partial charge in [-0.25, -0.2) is 4.98 Å². The number of aromatic amines is 1. The highest BCUT2D eigenvalue weighted by Gasteiger charge is 2.19. The molecule has 80 valence electrons. The van der Waals surface area contributed by atoms with E-state index in [1.54, 1.807) is 12.4 Å². The predicted molar refractivity (Wildman–Crippen MR) is 55.1 cm³/mol. The Balaban J connectivity index is 2.32. The smallest absolute Gasteiger partial charge is 0.131 e. The lowest BCUT2D eigenvalue weighted by molar-refractivity contribution is 0.563. The normalized spacial score (nSPS) is 12.9. The van der Waals surface area contributed by atoms with Gasteiger partial charge in [0.05, 0.1) is 6.20 Å². The van der Waals surface area contributed by atoms with Crippen LogP contribution in [0.15, 0.2) is 18.6 Å². The molecule has 0 aromatic carbocycles. The molecular formula is C9H14N6. The first kappa shape index (κ1) is 9.85. The zero-order valence-corrected chi connectivity index (χ0v) is 8.81.